The van der Waals surface area contributed by atoms with Gasteiger partial charge in [-0.2, -0.15) is 0 Å². The molecular weight excluding hydrogens is 850 g/mol. The van der Waals surface area contributed by atoms with Crippen molar-refractivity contribution in [2.75, 3.05) is 5.75 Å². The SMILES string of the molecule is C/C(C[S-])=C(\C)[CH2][Ge]([c]1c(C(C)C)cc(C(C)C)cc1C(C)C)[c]1c(C([Si](C)(C)C)[Si](C)(C)C)cc(C([Si](C)(C)C)[Si](C)(C)C)cc1C([Si](C)(C)C)[Si](C)(C)C. The molecule has 0 heterocycles. The van der Waals surface area contributed by atoms with Gasteiger partial charge in [-0.1, -0.05) is 0 Å². The van der Waals surface area contributed by atoms with Gasteiger partial charge in [0.2, 0.25) is 0 Å². The van der Waals surface area contributed by atoms with Gasteiger partial charge in [0.15, 0.2) is 0 Å². The van der Waals surface area contributed by atoms with E-state index in [2.05, 4.69) is 198 Å². The van der Waals surface area contributed by atoms with E-state index in [1.807, 2.05) is 19.9 Å². The van der Waals surface area contributed by atoms with Gasteiger partial charge in [0.05, 0.1) is 0 Å². The summed E-state index contributed by atoms with van der Waals surface area (Å²) in [5.41, 5.74) is 13.4. The molecule has 0 saturated heterocycles. The van der Waals surface area contributed by atoms with Crippen LogP contribution in [-0.4, -0.2) is 68.5 Å². The van der Waals surface area contributed by atoms with Crippen molar-refractivity contribution in [2.24, 2.45) is 0 Å². The fourth-order valence-corrected chi connectivity index (χ4v) is 59.6. The fraction of sp³-hybridized carbons (Fsp3) is 0.708. The van der Waals surface area contributed by atoms with Gasteiger partial charge >= 0.3 is 370 Å². The Labute approximate surface area is 367 Å². The van der Waals surface area contributed by atoms with Crippen LogP contribution in [-0.2, 0) is 12.6 Å². The number of allylic oxidation sites excluding steroid dienone is 1. The summed E-state index contributed by atoms with van der Waals surface area (Å²) in [5.74, 6) is 2.22. The molecule has 0 aliphatic rings. The first-order valence-corrected chi connectivity index (χ1v) is 48.0. The van der Waals surface area contributed by atoms with Crippen LogP contribution in [0.4, 0.5) is 0 Å². The molecule has 2 aromatic carbocycles. The van der Waals surface area contributed by atoms with E-state index >= 15 is 0 Å². The molecule has 0 spiro atoms. The second-order valence-electron chi connectivity index (χ2n) is 25.5. The van der Waals surface area contributed by atoms with Crippen LogP contribution in [0.1, 0.15) is 122 Å². The maximum absolute atomic E-state index is 5.85. The van der Waals surface area contributed by atoms with E-state index < -0.39 is 62.8 Å². The van der Waals surface area contributed by atoms with E-state index in [4.69, 9.17) is 12.6 Å². The number of hydrogen-bond acceptors (Lipinski definition) is 1. The Morgan fingerprint density at radius 1 is 0.429 bits per heavy atom. The van der Waals surface area contributed by atoms with Crippen molar-refractivity contribution in [1.82, 2.24) is 0 Å². The van der Waals surface area contributed by atoms with E-state index in [-0.39, 0.29) is 0 Å². The Morgan fingerprint density at radius 2 is 0.714 bits per heavy atom. The zero-order chi connectivity index (χ0) is 44.1. The summed E-state index contributed by atoms with van der Waals surface area (Å²) >= 11 is 3.48. The first-order chi connectivity index (χ1) is 24.9. The third-order valence-corrected chi connectivity index (χ3v) is 47.6. The normalized spacial score (nSPS) is 14.8. The van der Waals surface area contributed by atoms with E-state index in [0.717, 1.165) is 10.9 Å². The van der Waals surface area contributed by atoms with Gasteiger partial charge in [0, 0.05) is 0 Å². The van der Waals surface area contributed by atoms with Gasteiger partial charge in [0.1, 0.15) is 0 Å². The first kappa shape index (κ1) is 52.5. The van der Waals surface area contributed by atoms with Gasteiger partial charge in [-0.15, -0.1) is 0 Å². The minimum absolute atomic E-state index is 0.483. The average Bonchev–Trinajstić information content (AvgIpc) is 2.94. The molecule has 2 aromatic rings. The van der Waals surface area contributed by atoms with E-state index in [1.165, 1.54) is 16.4 Å². The summed E-state index contributed by atoms with van der Waals surface area (Å²) < 4.78 is 3.77. The molecule has 0 nitrogen and oxygen atoms in total. The van der Waals surface area contributed by atoms with Crippen LogP contribution in [0, 0.1) is 0 Å². The van der Waals surface area contributed by atoms with Gasteiger partial charge in [-0.3, -0.25) is 0 Å². The van der Waals surface area contributed by atoms with Crippen LogP contribution in [0.5, 0.6) is 0 Å². The first-order valence-electron chi connectivity index (χ1n) is 22.3. The Balaban J connectivity index is 3.82. The number of benzene rings is 2. The van der Waals surface area contributed by atoms with Crippen LogP contribution < -0.4 is 8.79 Å². The second kappa shape index (κ2) is 18.8. The summed E-state index contributed by atoms with van der Waals surface area (Å²) in [6, 6.07) is 11.3. The van der Waals surface area contributed by atoms with Crippen molar-refractivity contribution in [3.63, 3.8) is 0 Å². The van der Waals surface area contributed by atoms with E-state index in [0.29, 0.717) is 28.1 Å². The van der Waals surface area contributed by atoms with Gasteiger partial charge < -0.3 is 0 Å². The van der Waals surface area contributed by atoms with Crippen LogP contribution in [0.15, 0.2) is 35.4 Å². The van der Waals surface area contributed by atoms with Crippen molar-refractivity contribution < 1.29 is 0 Å². The molecule has 0 N–H and O–H groups in total. The maximum atomic E-state index is 5.85. The molecule has 0 aliphatic heterocycles. The molecule has 8 heteroatoms. The van der Waals surface area contributed by atoms with Gasteiger partial charge in [-0.25, -0.2) is 0 Å². The molecule has 319 valence electrons. The quantitative estimate of drug-likeness (QED) is 0.0865. The van der Waals surface area contributed by atoms with Crippen molar-refractivity contribution >= 4 is 84.2 Å². The van der Waals surface area contributed by atoms with E-state index in [1.54, 1.807) is 22.3 Å². The molecule has 0 aromatic heterocycles. The van der Waals surface area contributed by atoms with Crippen molar-refractivity contribution in [2.45, 2.75) is 212 Å². The van der Waals surface area contributed by atoms with Crippen molar-refractivity contribution in [1.29, 1.82) is 0 Å². The molecule has 0 fully saturated rings. The molecule has 0 bridgehead atoms. The average molecular weight is 942 g/mol. The van der Waals surface area contributed by atoms with Gasteiger partial charge in [-0.05, 0) is 0 Å². The minimum atomic E-state index is -2.37. The molecule has 0 unspecified atom stereocenters. The molecule has 0 saturated carbocycles. The van der Waals surface area contributed by atoms with Crippen LogP contribution in [0.2, 0.25) is 123 Å². The molecular formula is C48H92GeSSi6-. The van der Waals surface area contributed by atoms with Crippen LogP contribution in [0.25, 0.3) is 0 Å². The molecule has 0 atom stereocenters. The summed E-state index contributed by atoms with van der Waals surface area (Å²) in [4.78, 5) is 0. The zero-order valence-electron chi connectivity index (χ0n) is 42.1. The Morgan fingerprint density at radius 3 is 0.964 bits per heavy atom. The summed E-state index contributed by atoms with van der Waals surface area (Å²) in [7, 11) is -9.95. The zero-order valence-corrected chi connectivity index (χ0v) is 51.0. The molecule has 0 amide bonds. The summed E-state index contributed by atoms with van der Waals surface area (Å²) in [6.07, 6.45) is 0. The molecule has 0 aliphatic carbocycles. The second-order valence-corrected chi connectivity index (χ2v) is 64.2. The summed E-state index contributed by atoms with van der Waals surface area (Å²) in [6.45, 7) is 68.6. The third-order valence-electron chi connectivity index (χ3n) is 12.5. The number of rotatable bonds is 17. The third kappa shape index (κ3) is 12.7. The fourth-order valence-electron chi connectivity index (χ4n) is 11.6. The number of hydrogen-bond donors (Lipinski definition) is 0. The molecule has 2 rings (SSSR count). The predicted octanol–water partition coefficient (Wildman–Crippen LogP) is 15.1. The van der Waals surface area contributed by atoms with Gasteiger partial charge in [0.25, 0.3) is 0 Å². The topological polar surface area (TPSA) is 0 Å². The Kier molecular flexibility index (Phi) is 17.6. The Hall–Kier alpha value is 0.374. The van der Waals surface area contributed by atoms with Crippen molar-refractivity contribution in [3.05, 3.63) is 68.8 Å². The summed E-state index contributed by atoms with van der Waals surface area (Å²) in [5, 5.41) is 3.35. The van der Waals surface area contributed by atoms with Crippen LogP contribution in [0.3, 0.4) is 0 Å². The standard InChI is InChI=1S/C48H93GeSSi6/c1-33(2)38-27-40(34(3)4)44(41(28-38)35(5)6)49(31-36(7)37(8)32-50)45-42(47(53(15,16)17)54(18,19)20)29-39(46(51(9,10)11)52(12,13)14)30-43(45)48(55(21,22)23)56(24,25)26/h27-30,33-35,46-48,50H,31-32H2,1-26H3/p-1/b37-36-. The monoisotopic (exact) mass is 942 g/mol. The van der Waals surface area contributed by atoms with Crippen molar-refractivity contribution in [3.8, 4) is 0 Å². The molecule has 56 heavy (non-hydrogen) atoms. The predicted molar refractivity (Wildman–Crippen MR) is 284 cm³/mol. The molecule has 1 radical (unpaired) electrons. The Bertz CT molecular complexity index is 1560. The van der Waals surface area contributed by atoms with E-state index in [9.17, 15) is 0 Å². The van der Waals surface area contributed by atoms with Crippen LogP contribution >= 0.6 is 0 Å².